The SMILES string of the molecule is Cc1cn(C)nc1C1(CN)CC1(C)C. The van der Waals surface area contributed by atoms with Gasteiger partial charge in [0.2, 0.25) is 0 Å². The second kappa shape index (κ2) is 2.60. The lowest BCUT2D eigenvalue weighted by Crippen LogP contribution is -2.26. The van der Waals surface area contributed by atoms with Gasteiger partial charge in [0.05, 0.1) is 5.69 Å². The fourth-order valence-corrected chi connectivity index (χ4v) is 2.64. The first-order valence-corrected chi connectivity index (χ1v) is 5.14. The first-order valence-electron chi connectivity index (χ1n) is 5.14. The summed E-state index contributed by atoms with van der Waals surface area (Å²) in [5, 5.41) is 4.55. The summed E-state index contributed by atoms with van der Waals surface area (Å²) in [5.41, 5.74) is 8.83. The average molecular weight is 193 g/mol. The van der Waals surface area contributed by atoms with E-state index in [-0.39, 0.29) is 5.41 Å². The van der Waals surface area contributed by atoms with Gasteiger partial charge in [-0.15, -0.1) is 0 Å². The highest BCUT2D eigenvalue weighted by Gasteiger charge is 2.62. The molecule has 0 aliphatic heterocycles. The fraction of sp³-hybridized carbons (Fsp3) is 0.727. The van der Waals surface area contributed by atoms with E-state index in [0.29, 0.717) is 12.0 Å². The molecule has 1 aliphatic carbocycles. The van der Waals surface area contributed by atoms with Gasteiger partial charge in [-0.3, -0.25) is 4.68 Å². The van der Waals surface area contributed by atoms with Crippen molar-refractivity contribution in [1.29, 1.82) is 0 Å². The van der Waals surface area contributed by atoms with Crippen LogP contribution in [0.4, 0.5) is 0 Å². The van der Waals surface area contributed by atoms with E-state index in [1.807, 2.05) is 11.7 Å². The van der Waals surface area contributed by atoms with Crippen molar-refractivity contribution in [1.82, 2.24) is 9.78 Å². The van der Waals surface area contributed by atoms with Crippen molar-refractivity contribution in [2.75, 3.05) is 6.54 Å². The Kier molecular flexibility index (Phi) is 1.80. The van der Waals surface area contributed by atoms with Crippen LogP contribution >= 0.6 is 0 Å². The molecule has 14 heavy (non-hydrogen) atoms. The minimum atomic E-state index is 0.137. The summed E-state index contributed by atoms with van der Waals surface area (Å²) in [6.07, 6.45) is 3.23. The fourth-order valence-electron chi connectivity index (χ4n) is 2.64. The predicted octanol–water partition coefficient (Wildman–Crippen LogP) is 1.35. The topological polar surface area (TPSA) is 43.8 Å². The summed E-state index contributed by atoms with van der Waals surface area (Å²) >= 11 is 0. The maximum Gasteiger partial charge on any atom is 0.0733 e. The smallest absolute Gasteiger partial charge is 0.0733 e. The van der Waals surface area contributed by atoms with Crippen LogP contribution in [0.5, 0.6) is 0 Å². The Morgan fingerprint density at radius 2 is 2.14 bits per heavy atom. The Hall–Kier alpha value is -0.830. The van der Waals surface area contributed by atoms with Gasteiger partial charge >= 0.3 is 0 Å². The monoisotopic (exact) mass is 193 g/mol. The number of hydrogen-bond donors (Lipinski definition) is 1. The normalized spacial score (nSPS) is 29.2. The zero-order chi connectivity index (χ0) is 10.6. The minimum absolute atomic E-state index is 0.137. The van der Waals surface area contributed by atoms with Crippen molar-refractivity contribution in [3.05, 3.63) is 17.5 Å². The van der Waals surface area contributed by atoms with Crippen molar-refractivity contribution >= 4 is 0 Å². The average Bonchev–Trinajstić information content (AvgIpc) is 2.48. The van der Waals surface area contributed by atoms with Crippen LogP contribution < -0.4 is 5.73 Å². The van der Waals surface area contributed by atoms with Gasteiger partial charge in [0, 0.05) is 25.2 Å². The van der Waals surface area contributed by atoms with Gasteiger partial charge in [-0.25, -0.2) is 0 Å². The van der Waals surface area contributed by atoms with Gasteiger partial charge in [-0.1, -0.05) is 13.8 Å². The summed E-state index contributed by atoms with van der Waals surface area (Å²) in [5.74, 6) is 0. The van der Waals surface area contributed by atoms with Crippen LogP contribution in [0.1, 0.15) is 31.5 Å². The van der Waals surface area contributed by atoms with Gasteiger partial charge < -0.3 is 5.73 Å². The molecule has 0 spiro atoms. The van der Waals surface area contributed by atoms with Crippen LogP contribution in [0.25, 0.3) is 0 Å². The lowest BCUT2D eigenvalue weighted by Gasteiger charge is -2.16. The highest BCUT2D eigenvalue weighted by molar-refractivity contribution is 5.36. The molecule has 2 rings (SSSR count). The Labute approximate surface area is 85.3 Å². The van der Waals surface area contributed by atoms with E-state index in [1.54, 1.807) is 0 Å². The number of aryl methyl sites for hydroxylation is 2. The minimum Gasteiger partial charge on any atom is -0.330 e. The van der Waals surface area contributed by atoms with Gasteiger partial charge in [0.15, 0.2) is 0 Å². The summed E-state index contributed by atoms with van der Waals surface area (Å²) in [4.78, 5) is 0. The van der Waals surface area contributed by atoms with Crippen molar-refractivity contribution in [3.8, 4) is 0 Å². The number of nitrogens with zero attached hydrogens (tertiary/aromatic N) is 2. The molecule has 0 aromatic carbocycles. The van der Waals surface area contributed by atoms with Gasteiger partial charge in [0.25, 0.3) is 0 Å². The van der Waals surface area contributed by atoms with Crippen LogP contribution in [0.15, 0.2) is 6.20 Å². The number of rotatable bonds is 2. The molecular weight excluding hydrogens is 174 g/mol. The van der Waals surface area contributed by atoms with E-state index in [0.717, 1.165) is 6.42 Å². The molecule has 0 bridgehead atoms. The van der Waals surface area contributed by atoms with E-state index in [2.05, 4.69) is 32.1 Å². The molecule has 1 saturated carbocycles. The van der Waals surface area contributed by atoms with Crippen LogP contribution in [-0.4, -0.2) is 16.3 Å². The molecule has 1 fully saturated rings. The van der Waals surface area contributed by atoms with Crippen LogP contribution in [-0.2, 0) is 12.5 Å². The molecule has 1 atom stereocenters. The molecule has 1 unspecified atom stereocenters. The molecule has 3 nitrogen and oxygen atoms in total. The summed E-state index contributed by atoms with van der Waals surface area (Å²) in [6, 6.07) is 0. The predicted molar refractivity (Wildman–Crippen MR) is 57.1 cm³/mol. The first kappa shape index (κ1) is 9.71. The molecular formula is C11H19N3. The standard InChI is InChI=1S/C11H19N3/c1-8-5-14(4)13-9(8)11(7-12)6-10(11,2)3/h5H,6-7,12H2,1-4H3. The molecule has 1 heterocycles. The Morgan fingerprint density at radius 1 is 1.57 bits per heavy atom. The highest BCUT2D eigenvalue weighted by Crippen LogP contribution is 2.63. The second-order valence-electron chi connectivity index (χ2n) is 5.18. The molecule has 0 amide bonds. The zero-order valence-electron chi connectivity index (χ0n) is 9.46. The first-order chi connectivity index (χ1) is 6.43. The van der Waals surface area contributed by atoms with E-state index in [1.165, 1.54) is 11.3 Å². The maximum absolute atomic E-state index is 5.91. The number of nitrogens with two attached hydrogens (primary N) is 1. The maximum atomic E-state index is 5.91. The third kappa shape index (κ3) is 1.05. The Balaban J connectivity index is 2.45. The quantitative estimate of drug-likeness (QED) is 0.770. The van der Waals surface area contributed by atoms with Crippen LogP contribution in [0, 0.1) is 12.3 Å². The van der Waals surface area contributed by atoms with E-state index >= 15 is 0 Å². The lowest BCUT2D eigenvalue weighted by atomic mass is 9.90. The van der Waals surface area contributed by atoms with Crippen molar-refractivity contribution in [2.24, 2.45) is 18.2 Å². The molecule has 2 N–H and O–H groups in total. The van der Waals surface area contributed by atoms with Gasteiger partial charge in [0.1, 0.15) is 0 Å². The third-order valence-electron chi connectivity index (χ3n) is 3.73. The largest absolute Gasteiger partial charge is 0.330 e. The molecule has 3 heteroatoms. The number of hydrogen-bond acceptors (Lipinski definition) is 2. The van der Waals surface area contributed by atoms with Gasteiger partial charge in [-0.05, 0) is 24.3 Å². The summed E-state index contributed by atoms with van der Waals surface area (Å²) in [6.45, 7) is 7.37. The summed E-state index contributed by atoms with van der Waals surface area (Å²) < 4.78 is 1.89. The van der Waals surface area contributed by atoms with Crippen molar-refractivity contribution < 1.29 is 0 Å². The summed E-state index contributed by atoms with van der Waals surface area (Å²) in [7, 11) is 1.97. The lowest BCUT2D eigenvalue weighted by molar-refractivity contribution is 0.486. The zero-order valence-corrected chi connectivity index (χ0v) is 9.46. The van der Waals surface area contributed by atoms with Crippen LogP contribution in [0.3, 0.4) is 0 Å². The second-order valence-corrected chi connectivity index (χ2v) is 5.18. The molecule has 1 aromatic rings. The number of aromatic nitrogens is 2. The molecule has 0 saturated heterocycles. The van der Waals surface area contributed by atoms with Gasteiger partial charge in [-0.2, -0.15) is 5.10 Å². The highest BCUT2D eigenvalue weighted by atomic mass is 15.3. The van der Waals surface area contributed by atoms with Crippen LogP contribution in [0.2, 0.25) is 0 Å². The molecule has 78 valence electrons. The van der Waals surface area contributed by atoms with Crippen molar-refractivity contribution in [3.63, 3.8) is 0 Å². The van der Waals surface area contributed by atoms with E-state index in [9.17, 15) is 0 Å². The Bertz CT molecular complexity index is 365. The molecule has 1 aliphatic rings. The molecule has 1 aromatic heterocycles. The van der Waals surface area contributed by atoms with E-state index < -0.39 is 0 Å². The van der Waals surface area contributed by atoms with E-state index in [4.69, 9.17) is 5.73 Å². The molecule has 0 radical (unpaired) electrons. The Morgan fingerprint density at radius 3 is 2.43 bits per heavy atom. The van der Waals surface area contributed by atoms with Crippen molar-refractivity contribution in [2.45, 2.75) is 32.6 Å². The third-order valence-corrected chi connectivity index (χ3v) is 3.73.